The predicted molar refractivity (Wildman–Crippen MR) is 109 cm³/mol. The summed E-state index contributed by atoms with van der Waals surface area (Å²) in [5, 5.41) is 14.5. The molecular weight excluding hydrogens is 434 g/mol. The van der Waals surface area contributed by atoms with E-state index in [1.54, 1.807) is 12.1 Å². The third-order valence-electron chi connectivity index (χ3n) is 3.57. The fourth-order valence-electron chi connectivity index (χ4n) is 2.10. The first kappa shape index (κ1) is 21.1. The van der Waals surface area contributed by atoms with Crippen LogP contribution in [0.15, 0.2) is 41.9 Å². The van der Waals surface area contributed by atoms with Crippen LogP contribution in [0.2, 0.25) is 0 Å². The Bertz CT molecular complexity index is 713. The molecule has 0 atom stereocenters. The molecule has 0 aliphatic carbocycles. The zero-order valence-corrected chi connectivity index (χ0v) is 16.8. The monoisotopic (exact) mass is 458 g/mol. The zero-order valence-electron chi connectivity index (χ0n) is 14.5. The van der Waals surface area contributed by atoms with E-state index in [1.807, 2.05) is 24.6 Å². The molecule has 136 valence electrons. The van der Waals surface area contributed by atoms with Gasteiger partial charge >= 0.3 is 0 Å². The van der Waals surface area contributed by atoms with Gasteiger partial charge in [-0.05, 0) is 31.0 Å². The molecule has 2 aromatic rings. The summed E-state index contributed by atoms with van der Waals surface area (Å²) in [5.41, 5.74) is 0.939. The molecule has 0 aliphatic heterocycles. The van der Waals surface area contributed by atoms with Crippen LogP contribution in [0, 0.1) is 12.7 Å². The van der Waals surface area contributed by atoms with Gasteiger partial charge in [-0.2, -0.15) is 0 Å². The van der Waals surface area contributed by atoms with Crippen LogP contribution in [0.25, 0.3) is 0 Å². The average Bonchev–Trinajstić information content (AvgIpc) is 2.89. The molecular formula is C17H24FIN6. The summed E-state index contributed by atoms with van der Waals surface area (Å²) in [6.07, 6.45) is 2.46. The number of nitrogens with one attached hydrogen (secondary N) is 2. The number of hydrogen-bond donors (Lipinski definition) is 2. The maximum absolute atomic E-state index is 13.2. The van der Waals surface area contributed by atoms with Crippen molar-refractivity contribution in [3.63, 3.8) is 0 Å². The van der Waals surface area contributed by atoms with Crippen LogP contribution >= 0.6 is 24.0 Å². The number of aromatic nitrogens is 3. The Balaban J connectivity index is 0.00000312. The standard InChI is InChI=1S/C17H23FN6.HI/c1-4-9-19-17(21-12-16-23-22-13(2)24(16)3)20-10-8-14-6-5-7-15(18)11-14;/h4-7,11H,1,8-10,12H2,2-3H3,(H2,19,20,21);1H. The van der Waals surface area contributed by atoms with Crippen LogP contribution in [0.5, 0.6) is 0 Å². The first-order valence-corrected chi connectivity index (χ1v) is 7.82. The van der Waals surface area contributed by atoms with Gasteiger partial charge in [-0.25, -0.2) is 9.38 Å². The first-order valence-electron chi connectivity index (χ1n) is 7.82. The number of hydrogen-bond acceptors (Lipinski definition) is 3. The lowest BCUT2D eigenvalue weighted by atomic mass is 10.1. The van der Waals surface area contributed by atoms with Crippen LogP contribution in [-0.4, -0.2) is 33.8 Å². The van der Waals surface area contributed by atoms with Gasteiger partial charge in [0.1, 0.15) is 18.2 Å². The molecule has 1 aromatic carbocycles. The van der Waals surface area contributed by atoms with Crippen LogP contribution < -0.4 is 10.6 Å². The second kappa shape index (κ2) is 10.8. The van der Waals surface area contributed by atoms with Crippen molar-refractivity contribution in [1.82, 2.24) is 25.4 Å². The van der Waals surface area contributed by atoms with E-state index in [4.69, 9.17) is 0 Å². The Morgan fingerprint density at radius 2 is 2.16 bits per heavy atom. The van der Waals surface area contributed by atoms with Crippen molar-refractivity contribution in [3.8, 4) is 0 Å². The third-order valence-corrected chi connectivity index (χ3v) is 3.57. The minimum atomic E-state index is -0.219. The van der Waals surface area contributed by atoms with E-state index in [0.717, 1.165) is 17.2 Å². The molecule has 0 saturated heterocycles. The van der Waals surface area contributed by atoms with Gasteiger partial charge in [0.2, 0.25) is 0 Å². The molecule has 6 nitrogen and oxygen atoms in total. The van der Waals surface area contributed by atoms with Crippen molar-refractivity contribution in [1.29, 1.82) is 0 Å². The summed E-state index contributed by atoms with van der Waals surface area (Å²) >= 11 is 0. The number of benzene rings is 1. The van der Waals surface area contributed by atoms with Crippen LogP contribution in [0.3, 0.4) is 0 Å². The number of aliphatic imine (C=N–C) groups is 1. The fourth-order valence-corrected chi connectivity index (χ4v) is 2.10. The molecule has 0 radical (unpaired) electrons. The average molecular weight is 458 g/mol. The van der Waals surface area contributed by atoms with E-state index in [2.05, 4.69) is 32.4 Å². The van der Waals surface area contributed by atoms with Gasteiger partial charge in [-0.3, -0.25) is 0 Å². The predicted octanol–water partition coefficient (Wildman–Crippen LogP) is 2.34. The minimum Gasteiger partial charge on any atom is -0.356 e. The highest BCUT2D eigenvalue weighted by atomic mass is 127. The largest absolute Gasteiger partial charge is 0.356 e. The van der Waals surface area contributed by atoms with Gasteiger partial charge in [0.15, 0.2) is 11.8 Å². The number of guanidine groups is 1. The van der Waals surface area contributed by atoms with E-state index in [9.17, 15) is 4.39 Å². The Labute approximate surface area is 164 Å². The highest BCUT2D eigenvalue weighted by Crippen LogP contribution is 2.03. The zero-order chi connectivity index (χ0) is 17.4. The lowest BCUT2D eigenvalue weighted by molar-refractivity contribution is 0.625. The fraction of sp³-hybridized carbons (Fsp3) is 0.353. The Morgan fingerprint density at radius 3 is 2.80 bits per heavy atom. The van der Waals surface area contributed by atoms with Gasteiger partial charge < -0.3 is 15.2 Å². The van der Waals surface area contributed by atoms with Crippen LogP contribution in [-0.2, 0) is 20.0 Å². The van der Waals surface area contributed by atoms with Crippen molar-refractivity contribution >= 4 is 29.9 Å². The van der Waals surface area contributed by atoms with Gasteiger partial charge in [0, 0.05) is 20.1 Å². The summed E-state index contributed by atoms with van der Waals surface area (Å²) in [5.74, 6) is 2.08. The SMILES string of the molecule is C=CCNC(=NCc1nnc(C)n1C)NCCc1cccc(F)c1.I. The molecule has 8 heteroatoms. The number of rotatable bonds is 7. The van der Waals surface area contributed by atoms with E-state index >= 15 is 0 Å². The molecule has 0 fully saturated rings. The molecule has 0 spiro atoms. The van der Waals surface area contributed by atoms with E-state index in [1.165, 1.54) is 12.1 Å². The third kappa shape index (κ3) is 6.81. The Morgan fingerprint density at radius 1 is 1.36 bits per heavy atom. The molecule has 1 heterocycles. The van der Waals surface area contributed by atoms with Crippen LogP contribution in [0.1, 0.15) is 17.2 Å². The summed E-state index contributed by atoms with van der Waals surface area (Å²) in [4.78, 5) is 4.50. The second-order valence-corrected chi connectivity index (χ2v) is 5.36. The minimum absolute atomic E-state index is 0. The number of nitrogens with zero attached hydrogens (tertiary/aromatic N) is 4. The maximum atomic E-state index is 13.2. The normalized spacial score (nSPS) is 10.9. The van der Waals surface area contributed by atoms with Gasteiger partial charge in [-0.1, -0.05) is 18.2 Å². The van der Waals surface area contributed by atoms with E-state index in [0.29, 0.717) is 32.0 Å². The van der Waals surface area contributed by atoms with E-state index in [-0.39, 0.29) is 29.8 Å². The van der Waals surface area contributed by atoms with Crippen molar-refractivity contribution < 1.29 is 4.39 Å². The van der Waals surface area contributed by atoms with Crippen molar-refractivity contribution in [2.75, 3.05) is 13.1 Å². The highest BCUT2D eigenvalue weighted by Gasteiger charge is 2.05. The molecule has 2 N–H and O–H groups in total. The smallest absolute Gasteiger partial charge is 0.191 e. The number of aryl methyl sites for hydroxylation is 1. The molecule has 0 saturated carbocycles. The Hall–Kier alpha value is -1.97. The summed E-state index contributed by atoms with van der Waals surface area (Å²) in [6.45, 7) is 7.25. The van der Waals surface area contributed by atoms with Gasteiger partial charge in [-0.15, -0.1) is 40.8 Å². The molecule has 0 aliphatic rings. The molecule has 0 bridgehead atoms. The van der Waals surface area contributed by atoms with Crippen LogP contribution in [0.4, 0.5) is 4.39 Å². The molecule has 2 rings (SSSR count). The molecule has 1 aromatic heterocycles. The summed E-state index contributed by atoms with van der Waals surface area (Å²) in [7, 11) is 1.91. The lowest BCUT2D eigenvalue weighted by Crippen LogP contribution is -2.38. The summed E-state index contributed by atoms with van der Waals surface area (Å²) in [6, 6.07) is 6.60. The maximum Gasteiger partial charge on any atom is 0.191 e. The number of halogens is 2. The quantitative estimate of drug-likeness (QED) is 0.290. The van der Waals surface area contributed by atoms with Crippen molar-refractivity contribution in [2.24, 2.45) is 12.0 Å². The Kier molecular flexibility index (Phi) is 9.11. The lowest BCUT2D eigenvalue weighted by Gasteiger charge is -2.11. The first-order chi connectivity index (χ1) is 11.6. The van der Waals surface area contributed by atoms with Crippen molar-refractivity contribution in [2.45, 2.75) is 19.9 Å². The highest BCUT2D eigenvalue weighted by molar-refractivity contribution is 14.0. The van der Waals surface area contributed by atoms with Crippen molar-refractivity contribution in [3.05, 3.63) is 59.9 Å². The van der Waals surface area contributed by atoms with Gasteiger partial charge in [0.25, 0.3) is 0 Å². The molecule has 25 heavy (non-hydrogen) atoms. The summed E-state index contributed by atoms with van der Waals surface area (Å²) < 4.78 is 15.1. The molecule has 0 unspecified atom stereocenters. The van der Waals surface area contributed by atoms with E-state index < -0.39 is 0 Å². The van der Waals surface area contributed by atoms with Gasteiger partial charge in [0.05, 0.1) is 0 Å². The second-order valence-electron chi connectivity index (χ2n) is 5.36. The molecule has 0 amide bonds. The topological polar surface area (TPSA) is 67.1 Å².